The molecule has 0 spiro atoms. The molecule has 23 heavy (non-hydrogen) atoms. The molecule has 0 saturated carbocycles. The normalized spacial score (nSPS) is 18.5. The molecule has 1 aromatic carbocycles. The van der Waals surface area contributed by atoms with Gasteiger partial charge in [0.25, 0.3) is 5.91 Å². The lowest BCUT2D eigenvalue weighted by Crippen LogP contribution is -2.37. The van der Waals surface area contributed by atoms with E-state index in [1.54, 1.807) is 11.3 Å². The molecule has 0 radical (unpaired) electrons. The third kappa shape index (κ3) is 3.16. The maximum Gasteiger partial charge on any atom is 0.267 e. The number of aromatic amines is 1. The van der Waals surface area contributed by atoms with Crippen LogP contribution >= 0.6 is 11.3 Å². The molecule has 0 unspecified atom stereocenters. The summed E-state index contributed by atoms with van der Waals surface area (Å²) in [6.07, 6.45) is 1.01. The lowest BCUT2D eigenvalue weighted by Gasteiger charge is -2.15. The van der Waals surface area contributed by atoms with Crippen LogP contribution in [0, 0.1) is 0 Å². The van der Waals surface area contributed by atoms with Crippen LogP contribution in [0.4, 0.5) is 0 Å². The molecule has 4 nitrogen and oxygen atoms in total. The Balaban J connectivity index is 1.37. The van der Waals surface area contributed by atoms with E-state index < -0.39 is 0 Å². The minimum atomic E-state index is -0.0106. The van der Waals surface area contributed by atoms with E-state index in [4.69, 9.17) is 0 Å². The van der Waals surface area contributed by atoms with Crippen LogP contribution in [-0.4, -0.2) is 34.9 Å². The number of para-hydroxylation sites is 1. The molecule has 4 rings (SSSR count). The Bertz CT molecular complexity index is 776. The average Bonchev–Trinajstić information content (AvgIpc) is 3.28. The predicted octanol–water partition coefficient (Wildman–Crippen LogP) is 3.23. The van der Waals surface area contributed by atoms with Crippen molar-refractivity contribution in [2.75, 3.05) is 13.1 Å². The Morgan fingerprint density at radius 3 is 3.09 bits per heavy atom. The van der Waals surface area contributed by atoms with Crippen LogP contribution in [0.3, 0.4) is 0 Å². The van der Waals surface area contributed by atoms with E-state index in [0.717, 1.165) is 37.0 Å². The van der Waals surface area contributed by atoms with Crippen LogP contribution in [0.25, 0.3) is 10.9 Å². The number of carbonyl (C=O) groups excluding carboxylic acids is 1. The predicted molar refractivity (Wildman–Crippen MR) is 93.8 cm³/mol. The molecular formula is C18H19N3OS. The Morgan fingerprint density at radius 1 is 1.35 bits per heavy atom. The number of hydrogen-bond acceptors (Lipinski definition) is 3. The number of fused-ring (bicyclic) bond motifs is 1. The Kier molecular flexibility index (Phi) is 3.89. The van der Waals surface area contributed by atoms with Crippen molar-refractivity contribution >= 4 is 28.1 Å². The second-order valence-electron chi connectivity index (χ2n) is 6.10. The number of rotatable bonds is 4. The van der Waals surface area contributed by atoms with Crippen molar-refractivity contribution in [3.63, 3.8) is 0 Å². The van der Waals surface area contributed by atoms with E-state index in [1.807, 2.05) is 30.3 Å². The zero-order valence-corrected chi connectivity index (χ0v) is 13.6. The van der Waals surface area contributed by atoms with Gasteiger partial charge in [0.05, 0.1) is 0 Å². The van der Waals surface area contributed by atoms with E-state index >= 15 is 0 Å². The molecule has 3 aromatic rings. The number of hydrogen-bond donors (Lipinski definition) is 2. The van der Waals surface area contributed by atoms with Crippen molar-refractivity contribution in [2.45, 2.75) is 19.0 Å². The van der Waals surface area contributed by atoms with Gasteiger partial charge in [0.15, 0.2) is 0 Å². The second kappa shape index (κ2) is 6.18. The van der Waals surface area contributed by atoms with Crippen LogP contribution in [0.1, 0.15) is 22.5 Å². The highest BCUT2D eigenvalue weighted by atomic mass is 32.1. The number of nitrogens with zero attached hydrogens (tertiary/aromatic N) is 1. The summed E-state index contributed by atoms with van der Waals surface area (Å²) in [5.41, 5.74) is 3.00. The summed E-state index contributed by atoms with van der Waals surface area (Å²) in [4.78, 5) is 18.0. The topological polar surface area (TPSA) is 48.1 Å². The summed E-state index contributed by atoms with van der Waals surface area (Å²) in [7, 11) is 0. The number of benzene rings is 1. The van der Waals surface area contributed by atoms with Gasteiger partial charge in [-0.1, -0.05) is 18.2 Å². The Hall–Kier alpha value is -2.11. The molecule has 1 amide bonds. The third-order valence-electron chi connectivity index (χ3n) is 4.37. The molecule has 0 aliphatic carbocycles. The van der Waals surface area contributed by atoms with E-state index in [2.05, 4.69) is 32.0 Å². The van der Waals surface area contributed by atoms with Gasteiger partial charge in [0, 0.05) is 36.6 Å². The van der Waals surface area contributed by atoms with Crippen molar-refractivity contribution in [1.29, 1.82) is 0 Å². The molecule has 1 aliphatic heterocycles. The first-order valence-corrected chi connectivity index (χ1v) is 8.84. The lowest BCUT2D eigenvalue weighted by molar-refractivity contribution is 0.0933. The van der Waals surface area contributed by atoms with Gasteiger partial charge in [-0.05, 0) is 40.9 Å². The van der Waals surface area contributed by atoms with Crippen molar-refractivity contribution in [3.8, 4) is 0 Å². The number of nitrogens with one attached hydrogen (secondary N) is 2. The molecule has 2 aromatic heterocycles. The van der Waals surface area contributed by atoms with E-state index in [0.29, 0.717) is 5.69 Å². The number of amides is 1. The zero-order valence-electron chi connectivity index (χ0n) is 12.8. The molecule has 1 aliphatic rings. The summed E-state index contributed by atoms with van der Waals surface area (Å²) in [6.45, 7) is 2.93. The molecule has 3 heterocycles. The van der Waals surface area contributed by atoms with Gasteiger partial charge in [0.1, 0.15) is 5.69 Å². The summed E-state index contributed by atoms with van der Waals surface area (Å²) in [5, 5.41) is 8.53. The molecule has 5 heteroatoms. The number of carbonyl (C=O) groups is 1. The minimum absolute atomic E-state index is 0.0106. The molecule has 0 bridgehead atoms. The van der Waals surface area contributed by atoms with Crippen molar-refractivity contribution in [3.05, 3.63) is 58.4 Å². The number of H-pyrrole nitrogens is 1. The van der Waals surface area contributed by atoms with Gasteiger partial charge in [-0.25, -0.2) is 0 Å². The maximum atomic E-state index is 12.4. The molecule has 2 N–H and O–H groups in total. The molecule has 1 fully saturated rings. The summed E-state index contributed by atoms with van der Waals surface area (Å²) in [5.74, 6) is -0.0106. The van der Waals surface area contributed by atoms with E-state index in [1.165, 1.54) is 5.56 Å². The van der Waals surface area contributed by atoms with Gasteiger partial charge in [0.2, 0.25) is 0 Å². The third-order valence-corrected chi connectivity index (χ3v) is 5.10. The fourth-order valence-corrected chi connectivity index (χ4v) is 3.85. The van der Waals surface area contributed by atoms with Crippen molar-refractivity contribution in [2.24, 2.45) is 0 Å². The summed E-state index contributed by atoms with van der Waals surface area (Å²) in [6, 6.07) is 12.3. The average molecular weight is 325 g/mol. The lowest BCUT2D eigenvalue weighted by atomic mass is 10.2. The van der Waals surface area contributed by atoms with Crippen molar-refractivity contribution in [1.82, 2.24) is 15.2 Å². The fourth-order valence-electron chi connectivity index (χ4n) is 3.19. The van der Waals surface area contributed by atoms with Gasteiger partial charge < -0.3 is 10.3 Å². The molecule has 1 saturated heterocycles. The van der Waals surface area contributed by atoms with Crippen LogP contribution in [0.5, 0.6) is 0 Å². The molecular weight excluding hydrogens is 306 g/mol. The quantitative estimate of drug-likeness (QED) is 0.774. The largest absolute Gasteiger partial charge is 0.351 e. The standard InChI is InChI=1S/C18H19N3OS/c22-18(17-9-14-3-1-2-4-16(14)20-17)19-15-5-7-21(11-15)10-13-6-8-23-12-13/h1-4,6,8-9,12,15,20H,5,7,10-11H2,(H,19,22)/t15-/m0/s1. The number of aromatic nitrogens is 1. The Morgan fingerprint density at radius 2 is 2.26 bits per heavy atom. The number of likely N-dealkylation sites (tertiary alicyclic amines) is 1. The number of thiophene rings is 1. The van der Waals surface area contributed by atoms with Gasteiger partial charge in [-0.3, -0.25) is 9.69 Å². The van der Waals surface area contributed by atoms with Crippen molar-refractivity contribution < 1.29 is 4.79 Å². The summed E-state index contributed by atoms with van der Waals surface area (Å²) < 4.78 is 0. The first-order chi connectivity index (χ1) is 11.3. The van der Waals surface area contributed by atoms with Crippen LogP contribution in [0.15, 0.2) is 47.2 Å². The first kappa shape index (κ1) is 14.5. The Labute approximate surface area is 139 Å². The highest BCUT2D eigenvalue weighted by molar-refractivity contribution is 7.07. The first-order valence-electron chi connectivity index (χ1n) is 7.90. The van der Waals surface area contributed by atoms with E-state index in [9.17, 15) is 4.79 Å². The zero-order chi connectivity index (χ0) is 15.6. The van der Waals surface area contributed by atoms with Crippen LogP contribution in [0.2, 0.25) is 0 Å². The highest BCUT2D eigenvalue weighted by Crippen LogP contribution is 2.17. The second-order valence-corrected chi connectivity index (χ2v) is 6.88. The smallest absolute Gasteiger partial charge is 0.267 e. The molecule has 118 valence electrons. The summed E-state index contributed by atoms with van der Waals surface area (Å²) >= 11 is 1.73. The fraction of sp³-hybridized carbons (Fsp3) is 0.278. The highest BCUT2D eigenvalue weighted by Gasteiger charge is 2.24. The SMILES string of the molecule is O=C(N[C@H]1CCN(Cc2ccsc2)C1)c1cc2ccccc2[nH]1. The van der Waals surface area contributed by atoms with E-state index in [-0.39, 0.29) is 11.9 Å². The maximum absolute atomic E-state index is 12.4. The monoisotopic (exact) mass is 325 g/mol. The van der Waals surface area contributed by atoms with Gasteiger partial charge >= 0.3 is 0 Å². The van der Waals surface area contributed by atoms with Gasteiger partial charge in [-0.2, -0.15) is 11.3 Å². The van der Waals surface area contributed by atoms with Crippen LogP contribution < -0.4 is 5.32 Å². The van der Waals surface area contributed by atoms with Gasteiger partial charge in [-0.15, -0.1) is 0 Å². The minimum Gasteiger partial charge on any atom is -0.351 e. The van der Waals surface area contributed by atoms with Crippen LogP contribution in [-0.2, 0) is 6.54 Å². The molecule has 1 atom stereocenters.